The van der Waals surface area contributed by atoms with Crippen LogP contribution in [0.15, 0.2) is 48.7 Å². The molecule has 4 N–H and O–H groups in total. The summed E-state index contributed by atoms with van der Waals surface area (Å²) in [6, 6.07) is 13.1. The van der Waals surface area contributed by atoms with Crippen LogP contribution in [0.2, 0.25) is 0 Å². The first-order valence-corrected chi connectivity index (χ1v) is 10.6. The molecular weight excluding hydrogens is 401 g/mol. The molecule has 164 valence electrons. The number of fused-ring (bicyclic) bond motifs is 1. The zero-order chi connectivity index (χ0) is 21.7. The Labute approximate surface area is 179 Å². The smallest absolute Gasteiger partial charge is 0.163 e. The number of aliphatic hydroxyl groups excluding tert-OH is 4. The Kier molecular flexibility index (Phi) is 5.32. The third-order valence-corrected chi connectivity index (χ3v) is 6.45. The Balaban J connectivity index is 1.53. The van der Waals surface area contributed by atoms with Crippen LogP contribution in [-0.4, -0.2) is 56.0 Å². The van der Waals surface area contributed by atoms with Gasteiger partial charge in [-0.3, -0.25) is 0 Å². The van der Waals surface area contributed by atoms with E-state index < -0.39 is 37.3 Å². The SMILES string of the molecule is OCC1OC(n2cc(Cc3ccc(C4CC4)cc3)c3c(F)cccc32)C(O)C(O)C1O. The largest absolute Gasteiger partial charge is 0.394 e. The molecule has 2 aromatic carbocycles. The first-order valence-electron chi connectivity index (χ1n) is 10.6. The van der Waals surface area contributed by atoms with Gasteiger partial charge in [0.1, 0.15) is 30.2 Å². The molecule has 2 heterocycles. The van der Waals surface area contributed by atoms with E-state index in [0.717, 1.165) is 11.1 Å². The van der Waals surface area contributed by atoms with E-state index in [4.69, 9.17) is 4.74 Å². The molecule has 1 saturated heterocycles. The molecule has 0 spiro atoms. The maximum absolute atomic E-state index is 14.8. The molecule has 1 saturated carbocycles. The second kappa shape index (κ2) is 8.00. The highest BCUT2D eigenvalue weighted by Crippen LogP contribution is 2.40. The molecule has 1 aromatic heterocycles. The van der Waals surface area contributed by atoms with E-state index in [0.29, 0.717) is 23.2 Å². The van der Waals surface area contributed by atoms with E-state index in [1.54, 1.807) is 22.9 Å². The minimum absolute atomic E-state index is 0.384. The summed E-state index contributed by atoms with van der Waals surface area (Å²) in [5.74, 6) is 0.282. The van der Waals surface area contributed by atoms with Gasteiger partial charge in [-0.15, -0.1) is 0 Å². The van der Waals surface area contributed by atoms with Gasteiger partial charge in [0.05, 0.1) is 12.1 Å². The molecular formula is C24H26FNO5. The Morgan fingerprint density at radius 2 is 1.71 bits per heavy atom. The highest BCUT2D eigenvalue weighted by atomic mass is 19.1. The first-order chi connectivity index (χ1) is 15.0. The van der Waals surface area contributed by atoms with Gasteiger partial charge < -0.3 is 29.7 Å². The van der Waals surface area contributed by atoms with Gasteiger partial charge >= 0.3 is 0 Å². The van der Waals surface area contributed by atoms with Gasteiger partial charge in [-0.05, 0) is 54.0 Å². The van der Waals surface area contributed by atoms with Gasteiger partial charge in [0.2, 0.25) is 0 Å². The number of nitrogens with zero attached hydrogens (tertiary/aromatic N) is 1. The fraction of sp³-hybridized carbons (Fsp3) is 0.417. The topological polar surface area (TPSA) is 95.1 Å². The molecule has 5 rings (SSSR count). The molecule has 6 nitrogen and oxygen atoms in total. The summed E-state index contributed by atoms with van der Waals surface area (Å²) >= 11 is 0. The first kappa shape index (κ1) is 20.6. The number of hydrogen-bond acceptors (Lipinski definition) is 5. The molecule has 5 unspecified atom stereocenters. The lowest BCUT2D eigenvalue weighted by Crippen LogP contribution is -2.56. The molecule has 1 aliphatic heterocycles. The quantitative estimate of drug-likeness (QED) is 0.501. The summed E-state index contributed by atoms with van der Waals surface area (Å²) in [7, 11) is 0. The lowest BCUT2D eigenvalue weighted by atomic mass is 9.98. The normalized spacial score (nSPS) is 28.9. The lowest BCUT2D eigenvalue weighted by molar-refractivity contribution is -0.250. The average Bonchev–Trinajstić information content (AvgIpc) is 3.56. The third kappa shape index (κ3) is 3.66. The Hall–Kier alpha value is -2.29. The standard InChI is InChI=1S/C24H26FNO5/c25-17-2-1-3-18-20(17)16(10-13-4-6-14(7-5-13)15-8-9-15)11-26(18)24-23(30)22(29)21(28)19(12-27)31-24/h1-7,11,15,19,21-24,27-30H,8-10,12H2. The van der Waals surface area contributed by atoms with Crippen LogP contribution in [0, 0.1) is 5.82 Å². The highest BCUT2D eigenvalue weighted by Gasteiger charge is 2.44. The van der Waals surface area contributed by atoms with E-state index >= 15 is 0 Å². The highest BCUT2D eigenvalue weighted by molar-refractivity contribution is 5.85. The average molecular weight is 427 g/mol. The number of halogens is 1. The zero-order valence-corrected chi connectivity index (χ0v) is 16.9. The van der Waals surface area contributed by atoms with Gasteiger partial charge in [-0.2, -0.15) is 0 Å². The van der Waals surface area contributed by atoms with Crippen LogP contribution in [0.1, 0.15) is 41.7 Å². The van der Waals surface area contributed by atoms with Crippen molar-refractivity contribution in [3.05, 3.63) is 71.2 Å². The number of hydrogen-bond donors (Lipinski definition) is 4. The number of aliphatic hydroxyl groups is 4. The van der Waals surface area contributed by atoms with E-state index in [-0.39, 0.29) is 5.82 Å². The Morgan fingerprint density at radius 3 is 2.39 bits per heavy atom. The third-order valence-electron chi connectivity index (χ3n) is 6.45. The van der Waals surface area contributed by atoms with Gasteiger partial charge in [-0.25, -0.2) is 4.39 Å². The van der Waals surface area contributed by atoms with Crippen LogP contribution in [0.25, 0.3) is 10.9 Å². The van der Waals surface area contributed by atoms with Crippen molar-refractivity contribution in [1.29, 1.82) is 0 Å². The van der Waals surface area contributed by atoms with E-state index in [1.807, 2.05) is 0 Å². The minimum Gasteiger partial charge on any atom is -0.394 e. The summed E-state index contributed by atoms with van der Waals surface area (Å²) in [6.07, 6.45) is -1.82. The zero-order valence-electron chi connectivity index (χ0n) is 16.9. The maximum atomic E-state index is 14.8. The molecule has 3 aromatic rings. The van der Waals surface area contributed by atoms with Gasteiger partial charge in [0, 0.05) is 11.6 Å². The number of ether oxygens (including phenoxy) is 1. The van der Waals surface area contributed by atoms with Crippen molar-refractivity contribution in [2.24, 2.45) is 0 Å². The van der Waals surface area contributed by atoms with Gasteiger partial charge in [0.25, 0.3) is 0 Å². The predicted octanol–water partition coefficient (Wildman–Crippen LogP) is 2.22. The van der Waals surface area contributed by atoms with E-state index in [9.17, 15) is 24.8 Å². The van der Waals surface area contributed by atoms with Crippen LogP contribution in [-0.2, 0) is 11.2 Å². The van der Waals surface area contributed by atoms with Crippen molar-refractivity contribution in [2.45, 2.75) is 55.8 Å². The fourth-order valence-corrected chi connectivity index (χ4v) is 4.55. The van der Waals surface area contributed by atoms with Crippen molar-refractivity contribution in [3.63, 3.8) is 0 Å². The summed E-state index contributed by atoms with van der Waals surface area (Å²) < 4.78 is 22.1. The van der Waals surface area contributed by atoms with Crippen LogP contribution in [0.5, 0.6) is 0 Å². The lowest BCUT2D eigenvalue weighted by Gasteiger charge is -2.40. The van der Waals surface area contributed by atoms with E-state index in [2.05, 4.69) is 24.3 Å². The molecule has 5 atom stereocenters. The molecule has 2 fully saturated rings. The summed E-state index contributed by atoms with van der Waals surface area (Å²) in [4.78, 5) is 0. The van der Waals surface area contributed by atoms with Gasteiger partial charge in [0.15, 0.2) is 6.23 Å². The maximum Gasteiger partial charge on any atom is 0.163 e. The Morgan fingerprint density at radius 1 is 0.968 bits per heavy atom. The van der Waals surface area contributed by atoms with Crippen LogP contribution in [0.4, 0.5) is 4.39 Å². The molecule has 7 heteroatoms. The molecule has 0 radical (unpaired) electrons. The molecule has 2 aliphatic rings. The molecule has 0 amide bonds. The van der Waals surface area contributed by atoms with Gasteiger partial charge in [-0.1, -0.05) is 30.3 Å². The van der Waals surface area contributed by atoms with Crippen LogP contribution < -0.4 is 0 Å². The summed E-state index contributed by atoms with van der Waals surface area (Å²) in [6.45, 7) is -0.519. The number of rotatable bonds is 5. The van der Waals surface area contributed by atoms with Crippen LogP contribution >= 0.6 is 0 Å². The van der Waals surface area contributed by atoms with Crippen molar-refractivity contribution >= 4 is 10.9 Å². The summed E-state index contributed by atoms with van der Waals surface area (Å²) in [5.41, 5.74) is 3.61. The predicted molar refractivity (Wildman–Crippen MR) is 112 cm³/mol. The number of aromatic nitrogens is 1. The second-order valence-corrected chi connectivity index (χ2v) is 8.61. The molecule has 31 heavy (non-hydrogen) atoms. The molecule has 1 aliphatic carbocycles. The minimum atomic E-state index is -1.50. The van der Waals surface area contributed by atoms with E-state index in [1.165, 1.54) is 24.5 Å². The number of benzene rings is 2. The monoisotopic (exact) mass is 427 g/mol. The summed E-state index contributed by atoms with van der Waals surface area (Å²) in [5, 5.41) is 40.8. The fourth-order valence-electron chi connectivity index (χ4n) is 4.55. The van der Waals surface area contributed by atoms with Crippen molar-refractivity contribution in [2.75, 3.05) is 6.61 Å². The second-order valence-electron chi connectivity index (χ2n) is 8.61. The Bertz CT molecular complexity index is 1080. The van der Waals surface area contributed by atoms with Crippen molar-refractivity contribution in [1.82, 2.24) is 4.57 Å². The molecule has 0 bridgehead atoms. The van der Waals surface area contributed by atoms with Crippen molar-refractivity contribution < 1.29 is 29.6 Å². The van der Waals surface area contributed by atoms with Crippen LogP contribution in [0.3, 0.4) is 0 Å². The van der Waals surface area contributed by atoms with Crippen molar-refractivity contribution in [3.8, 4) is 0 Å².